The van der Waals surface area contributed by atoms with E-state index in [0.29, 0.717) is 6.21 Å². The minimum absolute atomic E-state index is 0.654. The average Bonchev–Trinajstić information content (AvgIpc) is 2.31. The monoisotopic (exact) mass is 253 g/mol. The third-order valence-electron chi connectivity index (χ3n) is 1.76. The number of aliphatic carboxylic acids is 1. The van der Waals surface area contributed by atoms with Crippen molar-refractivity contribution in [1.29, 1.82) is 0 Å². The molecular weight excluding hydrogens is 238 g/mol. The number of oxime groups is 1. The molecule has 0 aliphatic heterocycles. The molecule has 0 amide bonds. The van der Waals surface area contributed by atoms with Gasteiger partial charge in [-0.2, -0.15) is 0 Å². The fourth-order valence-electron chi connectivity index (χ4n) is 0.824. The third-order valence-corrected chi connectivity index (χ3v) is 1.76. The number of rotatable bonds is 8. The van der Waals surface area contributed by atoms with E-state index in [9.17, 15) is 20.1 Å². The molecule has 0 bridgehead atoms. The van der Waals surface area contributed by atoms with Crippen LogP contribution < -0.4 is 0 Å². The first-order chi connectivity index (χ1) is 7.90. The van der Waals surface area contributed by atoms with Crippen LogP contribution in [0.15, 0.2) is 5.16 Å². The molecule has 9 nitrogen and oxygen atoms in total. The Labute approximate surface area is 96.2 Å². The lowest BCUT2D eigenvalue weighted by Crippen LogP contribution is -2.46. The zero-order valence-electron chi connectivity index (χ0n) is 8.75. The molecule has 0 aliphatic carbocycles. The number of hydrogen-bond donors (Lipinski definition) is 6. The van der Waals surface area contributed by atoms with Gasteiger partial charge >= 0.3 is 5.97 Å². The van der Waals surface area contributed by atoms with Crippen molar-refractivity contribution in [3.8, 4) is 0 Å². The lowest BCUT2D eigenvalue weighted by molar-refractivity contribution is -0.142. The average molecular weight is 253 g/mol. The highest BCUT2D eigenvalue weighted by Crippen LogP contribution is 2.03. The molecule has 0 saturated carbocycles. The van der Waals surface area contributed by atoms with E-state index in [1.165, 1.54) is 0 Å². The van der Waals surface area contributed by atoms with Crippen LogP contribution in [0, 0.1) is 0 Å². The summed E-state index contributed by atoms with van der Waals surface area (Å²) in [7, 11) is 0. The number of carbonyl (C=O) groups is 1. The molecule has 0 rings (SSSR count). The van der Waals surface area contributed by atoms with Crippen LogP contribution in [0.1, 0.15) is 0 Å². The van der Waals surface area contributed by atoms with E-state index < -0.39 is 43.6 Å². The van der Waals surface area contributed by atoms with Crippen molar-refractivity contribution in [2.45, 2.75) is 24.4 Å². The van der Waals surface area contributed by atoms with Crippen LogP contribution in [0.3, 0.4) is 0 Å². The van der Waals surface area contributed by atoms with Crippen molar-refractivity contribution in [3.05, 3.63) is 0 Å². The molecule has 0 saturated heterocycles. The molecular formula is C8H15NO8. The number of nitrogens with zero attached hydrogens (tertiary/aromatic N) is 1. The van der Waals surface area contributed by atoms with E-state index in [4.69, 9.17) is 15.3 Å². The van der Waals surface area contributed by atoms with E-state index in [2.05, 4.69) is 9.99 Å². The predicted octanol–water partition coefficient (Wildman–Crippen LogP) is -3.49. The summed E-state index contributed by atoms with van der Waals surface area (Å²) in [5.74, 6) is -1.27. The summed E-state index contributed by atoms with van der Waals surface area (Å²) in [5, 5.41) is 56.3. The minimum Gasteiger partial charge on any atom is -0.479 e. The van der Waals surface area contributed by atoms with Crippen LogP contribution in [0.2, 0.25) is 0 Å². The fraction of sp³-hybridized carbons (Fsp3) is 0.750. The van der Waals surface area contributed by atoms with Gasteiger partial charge in [0.15, 0.2) is 0 Å². The molecule has 17 heavy (non-hydrogen) atoms. The molecule has 4 atom stereocenters. The molecule has 0 unspecified atom stereocenters. The standard InChI is InChI=1S/C8H15NO8/c10-2-5(12)8(16)7(15)4(11)1-9-17-3-6(13)14/h1,4-5,7-8,10-12,15-16H,2-3H2,(H,13,14)/t4-,5-,7+,8-/m1/s1. The van der Waals surface area contributed by atoms with Crippen LogP contribution in [-0.4, -0.2) is 80.5 Å². The van der Waals surface area contributed by atoms with Gasteiger partial charge in [0, 0.05) is 0 Å². The van der Waals surface area contributed by atoms with Crippen LogP contribution in [0.25, 0.3) is 0 Å². The zero-order chi connectivity index (χ0) is 13.4. The van der Waals surface area contributed by atoms with Crippen LogP contribution >= 0.6 is 0 Å². The summed E-state index contributed by atoms with van der Waals surface area (Å²) in [6.45, 7) is -1.52. The first kappa shape index (κ1) is 15.7. The molecule has 0 aromatic carbocycles. The van der Waals surface area contributed by atoms with Crippen LogP contribution in [-0.2, 0) is 9.63 Å². The van der Waals surface area contributed by atoms with Gasteiger partial charge in [-0.05, 0) is 0 Å². The number of aliphatic hydroxyl groups is 5. The Morgan fingerprint density at radius 1 is 1.24 bits per heavy atom. The molecule has 0 aromatic rings. The summed E-state index contributed by atoms with van der Waals surface area (Å²) in [5.41, 5.74) is 0. The Hall–Kier alpha value is -1.26. The maximum absolute atomic E-state index is 10.0. The Morgan fingerprint density at radius 3 is 2.29 bits per heavy atom. The van der Waals surface area contributed by atoms with Crippen molar-refractivity contribution in [2.24, 2.45) is 5.16 Å². The van der Waals surface area contributed by atoms with Gasteiger partial charge in [0.2, 0.25) is 6.61 Å². The summed E-state index contributed by atoms with van der Waals surface area (Å²) in [4.78, 5) is 14.2. The molecule has 0 fully saturated rings. The number of hydrogen-bond acceptors (Lipinski definition) is 8. The molecule has 0 spiro atoms. The Morgan fingerprint density at radius 2 is 1.82 bits per heavy atom. The van der Waals surface area contributed by atoms with E-state index in [0.717, 1.165) is 0 Å². The zero-order valence-corrected chi connectivity index (χ0v) is 8.75. The second-order valence-corrected chi connectivity index (χ2v) is 3.14. The maximum Gasteiger partial charge on any atom is 0.344 e. The highest BCUT2D eigenvalue weighted by Gasteiger charge is 2.29. The SMILES string of the molecule is O=C(O)CON=C[C@@H](O)[C@H](O)[C@H](O)[C@H](O)CO. The van der Waals surface area contributed by atoms with Crippen molar-refractivity contribution < 1.29 is 40.3 Å². The van der Waals surface area contributed by atoms with Gasteiger partial charge in [0.05, 0.1) is 12.8 Å². The molecule has 6 N–H and O–H groups in total. The molecule has 0 radical (unpaired) electrons. The third kappa shape index (κ3) is 6.14. The topological polar surface area (TPSA) is 160 Å². The van der Waals surface area contributed by atoms with E-state index in [1.54, 1.807) is 0 Å². The summed E-state index contributed by atoms with van der Waals surface area (Å²) < 4.78 is 0. The predicted molar refractivity (Wildman–Crippen MR) is 53.2 cm³/mol. The van der Waals surface area contributed by atoms with E-state index in [-0.39, 0.29) is 0 Å². The Kier molecular flexibility index (Phi) is 7.34. The van der Waals surface area contributed by atoms with Crippen LogP contribution in [0.4, 0.5) is 0 Å². The largest absolute Gasteiger partial charge is 0.479 e. The van der Waals surface area contributed by atoms with Gasteiger partial charge in [-0.1, -0.05) is 5.16 Å². The normalized spacial score (nSPS) is 18.6. The van der Waals surface area contributed by atoms with Crippen molar-refractivity contribution >= 4 is 12.2 Å². The Bertz CT molecular complexity index is 258. The maximum atomic E-state index is 10.0. The first-order valence-electron chi connectivity index (χ1n) is 4.60. The number of aliphatic hydroxyl groups excluding tert-OH is 5. The van der Waals surface area contributed by atoms with Crippen LogP contribution in [0.5, 0.6) is 0 Å². The highest BCUT2D eigenvalue weighted by molar-refractivity contribution is 5.68. The lowest BCUT2D eigenvalue weighted by atomic mass is 10.0. The number of carboxylic acids is 1. The van der Waals surface area contributed by atoms with Gasteiger partial charge in [-0.25, -0.2) is 4.79 Å². The quantitative estimate of drug-likeness (QED) is 0.192. The van der Waals surface area contributed by atoms with Crippen molar-refractivity contribution in [2.75, 3.05) is 13.2 Å². The van der Waals surface area contributed by atoms with Gasteiger partial charge in [-0.15, -0.1) is 0 Å². The second-order valence-electron chi connectivity index (χ2n) is 3.14. The van der Waals surface area contributed by atoms with Gasteiger partial charge in [-0.3, -0.25) is 0 Å². The van der Waals surface area contributed by atoms with E-state index in [1.807, 2.05) is 0 Å². The fourth-order valence-corrected chi connectivity index (χ4v) is 0.824. The van der Waals surface area contributed by atoms with Gasteiger partial charge in [0.25, 0.3) is 0 Å². The smallest absolute Gasteiger partial charge is 0.344 e. The van der Waals surface area contributed by atoms with E-state index >= 15 is 0 Å². The highest BCUT2D eigenvalue weighted by atomic mass is 16.6. The summed E-state index contributed by atoms with van der Waals surface area (Å²) in [6.07, 6.45) is -6.22. The van der Waals surface area contributed by atoms with Crippen molar-refractivity contribution in [3.63, 3.8) is 0 Å². The molecule has 100 valence electrons. The van der Waals surface area contributed by atoms with Gasteiger partial charge in [0.1, 0.15) is 24.4 Å². The summed E-state index contributed by atoms with van der Waals surface area (Å²) >= 11 is 0. The molecule has 9 heteroatoms. The first-order valence-corrected chi connectivity index (χ1v) is 4.60. The molecule has 0 heterocycles. The second kappa shape index (κ2) is 7.92. The van der Waals surface area contributed by atoms with Gasteiger partial charge < -0.3 is 35.5 Å². The van der Waals surface area contributed by atoms with Crippen molar-refractivity contribution in [1.82, 2.24) is 0 Å². The molecule has 0 aliphatic rings. The Balaban J connectivity index is 4.12. The lowest BCUT2D eigenvalue weighted by Gasteiger charge is -2.23. The molecule has 0 aromatic heterocycles. The summed E-state index contributed by atoms with van der Waals surface area (Å²) in [6, 6.07) is 0. The number of carboxylic acid groups (broad SMARTS) is 1. The minimum atomic E-state index is -1.80.